The average molecular weight is 484 g/mol. The number of unbranched alkanes of at least 4 members (excludes halogenated alkanes) is 3. The van der Waals surface area contributed by atoms with E-state index in [-0.39, 0.29) is 0 Å². The molecule has 0 radical (unpaired) electrons. The lowest BCUT2D eigenvalue weighted by atomic mass is 10.2. The Balaban J connectivity index is 1.55. The van der Waals surface area contributed by atoms with Gasteiger partial charge in [-0.25, -0.2) is 0 Å². The van der Waals surface area contributed by atoms with Crippen LogP contribution < -0.4 is 0 Å². The van der Waals surface area contributed by atoms with E-state index in [4.69, 9.17) is 0 Å². The zero-order valence-electron chi connectivity index (χ0n) is 17.1. The van der Waals surface area contributed by atoms with E-state index in [0.29, 0.717) is 0 Å². The number of aromatic nitrogens is 1. The van der Waals surface area contributed by atoms with Crippen LogP contribution in [0.2, 0.25) is 0 Å². The third-order valence-electron chi connectivity index (χ3n) is 5.41. The summed E-state index contributed by atoms with van der Waals surface area (Å²) in [4.78, 5) is 26.3. The van der Waals surface area contributed by atoms with E-state index in [1.54, 1.807) is 45.3 Å². The monoisotopic (exact) mass is 483 g/mol. The molecule has 5 aromatic rings. The summed E-state index contributed by atoms with van der Waals surface area (Å²) in [6.45, 7) is 3.23. The van der Waals surface area contributed by atoms with Crippen LogP contribution >= 0.6 is 45.3 Å². The highest BCUT2D eigenvalue weighted by Gasteiger charge is 2.17. The van der Waals surface area contributed by atoms with Crippen LogP contribution in [-0.2, 0) is 6.54 Å². The van der Waals surface area contributed by atoms with Crippen molar-refractivity contribution in [3.05, 3.63) is 46.2 Å². The van der Waals surface area contributed by atoms with E-state index in [1.807, 2.05) is 12.1 Å². The largest absolute Gasteiger partial charge is 0.339 e. The van der Waals surface area contributed by atoms with Crippen LogP contribution in [0.5, 0.6) is 0 Å². The molecule has 158 valence electrons. The molecule has 0 N–H and O–H groups in total. The summed E-state index contributed by atoms with van der Waals surface area (Å²) in [7, 11) is 0. The molecule has 0 spiro atoms. The van der Waals surface area contributed by atoms with Gasteiger partial charge in [0.05, 0.1) is 30.9 Å². The normalized spacial score (nSPS) is 11.6. The van der Waals surface area contributed by atoms with E-state index in [2.05, 4.69) is 35.8 Å². The quantitative estimate of drug-likeness (QED) is 0.155. The number of fused-ring (bicyclic) bond motifs is 2. The molecule has 0 aliphatic heterocycles. The molecule has 5 rings (SSSR count). The van der Waals surface area contributed by atoms with Crippen LogP contribution in [0.25, 0.3) is 39.9 Å². The second kappa shape index (κ2) is 8.82. The van der Waals surface area contributed by atoms with Crippen LogP contribution in [0.3, 0.4) is 0 Å². The minimum atomic E-state index is 0.789. The van der Waals surface area contributed by atoms with Gasteiger partial charge in [0.15, 0.2) is 12.6 Å². The van der Waals surface area contributed by atoms with Gasteiger partial charge in [-0.15, -0.1) is 45.3 Å². The zero-order valence-corrected chi connectivity index (χ0v) is 20.3. The molecule has 3 nitrogen and oxygen atoms in total. The molecular formula is C24H21NO2S4. The molecule has 7 heteroatoms. The molecular weight excluding hydrogens is 463 g/mol. The van der Waals surface area contributed by atoms with Crippen molar-refractivity contribution in [1.29, 1.82) is 0 Å². The molecule has 0 aliphatic rings. The van der Waals surface area contributed by atoms with Crippen molar-refractivity contribution >= 4 is 76.7 Å². The average Bonchev–Trinajstić information content (AvgIpc) is 3.54. The Morgan fingerprint density at radius 3 is 1.68 bits per heavy atom. The van der Waals surface area contributed by atoms with Crippen LogP contribution in [0, 0.1) is 0 Å². The van der Waals surface area contributed by atoms with Crippen molar-refractivity contribution in [3.63, 3.8) is 0 Å². The zero-order chi connectivity index (χ0) is 21.4. The van der Waals surface area contributed by atoms with Crippen molar-refractivity contribution in [3.8, 4) is 21.1 Å². The SMILES string of the molecule is CCCCCCn1c(-c2cc3sc(C=O)cc3s2)ccc1-c1cc2sc(C=O)cc2s1. The summed E-state index contributed by atoms with van der Waals surface area (Å²) in [5.41, 5.74) is 2.50. The van der Waals surface area contributed by atoms with E-state index in [9.17, 15) is 9.59 Å². The third-order valence-corrected chi connectivity index (χ3v) is 9.89. The predicted molar refractivity (Wildman–Crippen MR) is 137 cm³/mol. The first-order valence-electron chi connectivity index (χ1n) is 10.4. The molecule has 0 aliphatic carbocycles. The molecule has 0 fully saturated rings. The molecule has 0 bridgehead atoms. The minimum Gasteiger partial charge on any atom is -0.339 e. The van der Waals surface area contributed by atoms with Crippen molar-refractivity contribution < 1.29 is 9.59 Å². The lowest BCUT2D eigenvalue weighted by molar-refractivity contribution is 0.111. The lowest BCUT2D eigenvalue weighted by Crippen LogP contribution is -2.01. The van der Waals surface area contributed by atoms with E-state index in [1.165, 1.54) is 59.2 Å². The maximum absolute atomic E-state index is 11.1. The number of nitrogens with zero attached hydrogens (tertiary/aromatic N) is 1. The predicted octanol–water partition coefficient (Wildman–Crippen LogP) is 8.58. The van der Waals surface area contributed by atoms with Crippen molar-refractivity contribution in [2.45, 2.75) is 39.2 Å². The fraction of sp³-hybridized carbons (Fsp3) is 0.250. The summed E-state index contributed by atoms with van der Waals surface area (Å²) in [6.07, 6.45) is 6.75. The third kappa shape index (κ3) is 3.96. The van der Waals surface area contributed by atoms with Crippen LogP contribution in [0.1, 0.15) is 52.0 Å². The number of hydrogen-bond acceptors (Lipinski definition) is 6. The van der Waals surface area contributed by atoms with Gasteiger partial charge in [-0.3, -0.25) is 9.59 Å². The van der Waals surface area contributed by atoms with Gasteiger partial charge in [-0.2, -0.15) is 0 Å². The summed E-state index contributed by atoms with van der Waals surface area (Å²) in [5, 5.41) is 0. The highest BCUT2D eigenvalue weighted by molar-refractivity contribution is 7.30. The molecule has 5 aromatic heterocycles. The highest BCUT2D eigenvalue weighted by Crippen LogP contribution is 2.42. The van der Waals surface area contributed by atoms with Gasteiger partial charge in [0.25, 0.3) is 0 Å². The first-order valence-corrected chi connectivity index (χ1v) is 13.6. The van der Waals surface area contributed by atoms with Gasteiger partial charge < -0.3 is 4.57 Å². The summed E-state index contributed by atoms with van der Waals surface area (Å²) < 4.78 is 7.18. The van der Waals surface area contributed by atoms with Crippen LogP contribution in [0.4, 0.5) is 0 Å². The Morgan fingerprint density at radius 1 is 0.710 bits per heavy atom. The van der Waals surface area contributed by atoms with Gasteiger partial charge in [0.2, 0.25) is 0 Å². The molecule has 0 unspecified atom stereocenters. The van der Waals surface area contributed by atoms with E-state index >= 15 is 0 Å². The van der Waals surface area contributed by atoms with Crippen molar-refractivity contribution in [2.75, 3.05) is 0 Å². The number of carbonyl (C=O) groups is 2. The minimum absolute atomic E-state index is 0.789. The maximum atomic E-state index is 11.1. The Morgan fingerprint density at radius 2 is 1.23 bits per heavy atom. The number of carbonyl (C=O) groups excluding carboxylic acids is 2. The molecule has 5 heterocycles. The maximum Gasteiger partial charge on any atom is 0.160 e. The molecule has 0 saturated heterocycles. The molecule has 0 saturated carbocycles. The van der Waals surface area contributed by atoms with Gasteiger partial charge in [0, 0.05) is 25.3 Å². The van der Waals surface area contributed by atoms with Gasteiger partial charge in [0.1, 0.15) is 0 Å². The van der Waals surface area contributed by atoms with Gasteiger partial charge >= 0.3 is 0 Å². The van der Waals surface area contributed by atoms with Crippen LogP contribution in [-0.4, -0.2) is 17.1 Å². The first-order chi connectivity index (χ1) is 15.2. The molecule has 0 amide bonds. The Bertz CT molecular complexity index is 1220. The fourth-order valence-corrected chi connectivity index (χ4v) is 8.43. The van der Waals surface area contributed by atoms with Gasteiger partial charge in [-0.1, -0.05) is 26.2 Å². The van der Waals surface area contributed by atoms with Crippen LogP contribution in [0.15, 0.2) is 36.4 Å². The number of rotatable bonds is 9. The smallest absolute Gasteiger partial charge is 0.160 e. The van der Waals surface area contributed by atoms with Crippen molar-refractivity contribution in [1.82, 2.24) is 4.57 Å². The number of hydrogen-bond donors (Lipinski definition) is 0. The number of aldehydes is 2. The fourth-order valence-electron chi connectivity index (χ4n) is 3.91. The highest BCUT2D eigenvalue weighted by atomic mass is 32.1. The molecule has 31 heavy (non-hydrogen) atoms. The van der Waals surface area contributed by atoms with Gasteiger partial charge in [-0.05, 0) is 42.8 Å². The second-order valence-corrected chi connectivity index (χ2v) is 11.9. The Hall–Kier alpha value is -2.06. The van der Waals surface area contributed by atoms with E-state index < -0.39 is 0 Å². The van der Waals surface area contributed by atoms with E-state index in [0.717, 1.165) is 35.3 Å². The second-order valence-electron chi connectivity index (χ2n) is 7.53. The lowest BCUT2D eigenvalue weighted by Gasteiger charge is -2.12. The summed E-state index contributed by atoms with van der Waals surface area (Å²) in [6, 6.07) is 12.9. The number of thiophene rings is 4. The first kappa shape index (κ1) is 20.8. The summed E-state index contributed by atoms with van der Waals surface area (Å²) in [5.74, 6) is 0. The Labute approximate surface area is 196 Å². The summed E-state index contributed by atoms with van der Waals surface area (Å²) >= 11 is 6.65. The topological polar surface area (TPSA) is 39.1 Å². The van der Waals surface area contributed by atoms with Crippen molar-refractivity contribution in [2.24, 2.45) is 0 Å². The molecule has 0 atom stereocenters. The standard InChI is InChI=1S/C24H21NO2S4/c1-2-3-4-5-8-25-17(19-11-23-21(30-19)9-15(13-26)28-23)6-7-18(25)20-12-24-22(31-20)10-16(14-27)29-24/h6-7,9-14H,2-5,8H2,1H3. The molecule has 0 aromatic carbocycles. The Kier molecular flexibility index (Phi) is 5.93.